The van der Waals surface area contributed by atoms with Crippen LogP contribution in [0.2, 0.25) is 0 Å². The van der Waals surface area contributed by atoms with Crippen LogP contribution in [-0.2, 0) is 5.54 Å². The van der Waals surface area contributed by atoms with Crippen LogP contribution in [0.3, 0.4) is 0 Å². The number of aliphatic hydroxyl groups excluding tert-OH is 1. The molecule has 2 rings (SSSR count). The van der Waals surface area contributed by atoms with Gasteiger partial charge in [-0.2, -0.15) is 0 Å². The maximum atomic E-state index is 12.3. The molecule has 0 unspecified atom stereocenters. The predicted molar refractivity (Wildman–Crippen MR) is 97.5 cm³/mol. The minimum Gasteiger partial charge on any atom is -0.394 e. The zero-order valence-corrected chi connectivity index (χ0v) is 14.4. The third-order valence-corrected chi connectivity index (χ3v) is 3.86. The Morgan fingerprint density at radius 2 is 1.68 bits per heavy atom. The quantitative estimate of drug-likeness (QED) is 0.650. The van der Waals surface area contributed by atoms with E-state index in [0.29, 0.717) is 17.8 Å². The first-order valence-electron chi connectivity index (χ1n) is 8.12. The lowest BCUT2D eigenvalue weighted by molar-refractivity contribution is 0.0956. The summed E-state index contributed by atoms with van der Waals surface area (Å²) in [5.41, 5.74) is 0.988. The molecule has 1 atom stereocenters. The third kappa shape index (κ3) is 4.81. The summed E-state index contributed by atoms with van der Waals surface area (Å²) in [7, 11) is 0. The maximum Gasteiger partial charge on any atom is 0.320 e. The lowest BCUT2D eigenvalue weighted by atomic mass is 9.93. The van der Waals surface area contributed by atoms with Gasteiger partial charge in [-0.3, -0.25) is 4.79 Å². The minimum absolute atomic E-state index is 0.157. The van der Waals surface area contributed by atoms with Crippen molar-refractivity contribution in [2.24, 2.45) is 0 Å². The number of anilines is 1. The van der Waals surface area contributed by atoms with Crippen molar-refractivity contribution >= 4 is 17.6 Å². The van der Waals surface area contributed by atoms with Gasteiger partial charge in [0.1, 0.15) is 0 Å². The number of carbonyl (C=O) groups excluding carboxylic acids is 2. The lowest BCUT2D eigenvalue weighted by Gasteiger charge is -2.29. The van der Waals surface area contributed by atoms with Gasteiger partial charge in [-0.1, -0.05) is 30.3 Å². The van der Waals surface area contributed by atoms with Gasteiger partial charge in [-0.15, -0.1) is 0 Å². The summed E-state index contributed by atoms with van der Waals surface area (Å²) < 4.78 is 0. The van der Waals surface area contributed by atoms with Crippen molar-refractivity contribution in [3.8, 4) is 0 Å². The molecule has 0 aromatic heterocycles. The Balaban J connectivity index is 2.03. The molecule has 0 saturated carbocycles. The molecular weight excluding hydrogens is 318 g/mol. The molecular formula is C19H23N3O3. The van der Waals surface area contributed by atoms with Gasteiger partial charge in [-0.25, -0.2) is 4.79 Å². The fourth-order valence-corrected chi connectivity index (χ4v) is 2.39. The molecule has 0 bridgehead atoms. The Morgan fingerprint density at radius 3 is 2.24 bits per heavy atom. The molecule has 6 heteroatoms. The zero-order valence-electron chi connectivity index (χ0n) is 14.4. The van der Waals surface area contributed by atoms with Gasteiger partial charge in [0.05, 0.1) is 12.1 Å². The van der Waals surface area contributed by atoms with E-state index in [1.807, 2.05) is 37.3 Å². The lowest BCUT2D eigenvalue weighted by Crippen LogP contribution is -2.48. The minimum atomic E-state index is -0.897. The van der Waals surface area contributed by atoms with Gasteiger partial charge >= 0.3 is 6.03 Å². The topological polar surface area (TPSA) is 90.5 Å². The number of amides is 3. The van der Waals surface area contributed by atoms with E-state index in [4.69, 9.17) is 0 Å². The molecule has 3 amide bonds. The van der Waals surface area contributed by atoms with Gasteiger partial charge in [0.25, 0.3) is 5.91 Å². The van der Waals surface area contributed by atoms with Crippen molar-refractivity contribution in [1.82, 2.24) is 10.6 Å². The number of aliphatic hydroxyl groups is 1. The molecule has 0 fully saturated rings. The Bertz CT molecular complexity index is 716. The number of hydrogen-bond donors (Lipinski definition) is 4. The van der Waals surface area contributed by atoms with E-state index in [0.717, 1.165) is 5.56 Å². The number of hydrogen-bond acceptors (Lipinski definition) is 3. The van der Waals surface area contributed by atoms with Crippen LogP contribution in [0.15, 0.2) is 54.6 Å². The third-order valence-electron chi connectivity index (χ3n) is 3.86. The first-order chi connectivity index (χ1) is 12.0. The summed E-state index contributed by atoms with van der Waals surface area (Å²) in [6.45, 7) is 3.92. The Labute approximate surface area is 147 Å². The highest BCUT2D eigenvalue weighted by Gasteiger charge is 2.27. The zero-order chi connectivity index (χ0) is 18.3. The fraction of sp³-hybridized carbons (Fsp3) is 0.263. The second kappa shape index (κ2) is 8.30. The molecule has 2 aromatic rings. The normalized spacial score (nSPS) is 12.8. The van der Waals surface area contributed by atoms with Gasteiger partial charge in [0, 0.05) is 17.8 Å². The molecule has 0 saturated heterocycles. The Kier molecular flexibility index (Phi) is 6.14. The van der Waals surface area contributed by atoms with Gasteiger partial charge < -0.3 is 21.1 Å². The predicted octanol–water partition coefficient (Wildman–Crippen LogP) is 2.47. The smallest absolute Gasteiger partial charge is 0.320 e. The number of benzene rings is 2. The fourth-order valence-electron chi connectivity index (χ4n) is 2.39. The highest BCUT2D eigenvalue weighted by Crippen LogP contribution is 2.20. The largest absolute Gasteiger partial charge is 0.394 e. The number of rotatable bonds is 6. The molecule has 25 heavy (non-hydrogen) atoms. The molecule has 0 aliphatic heterocycles. The Hall–Kier alpha value is -2.86. The van der Waals surface area contributed by atoms with E-state index in [1.54, 1.807) is 31.2 Å². The number of carbonyl (C=O) groups is 2. The summed E-state index contributed by atoms with van der Waals surface area (Å²) in [5.74, 6) is -0.157. The van der Waals surface area contributed by atoms with E-state index in [1.165, 1.54) is 0 Å². The van der Waals surface area contributed by atoms with Crippen LogP contribution in [0.1, 0.15) is 29.8 Å². The van der Waals surface area contributed by atoms with Crippen molar-refractivity contribution in [3.05, 3.63) is 65.7 Å². The van der Waals surface area contributed by atoms with E-state index >= 15 is 0 Å². The van der Waals surface area contributed by atoms with Crippen molar-refractivity contribution in [1.29, 1.82) is 0 Å². The van der Waals surface area contributed by atoms with E-state index in [9.17, 15) is 14.7 Å². The molecule has 6 nitrogen and oxygen atoms in total. The standard InChI is InChI=1S/C19H23N3O3/c1-3-20-17(24)14-9-11-16(12-10-14)21-18(25)22-19(2,13-23)15-7-5-4-6-8-15/h4-12,23H,3,13H2,1-2H3,(H,20,24)(H2,21,22,25)/t19-/m1/s1. The molecule has 132 valence electrons. The summed E-state index contributed by atoms with van der Waals surface area (Å²) in [6.07, 6.45) is 0. The monoisotopic (exact) mass is 341 g/mol. The SMILES string of the molecule is CCNC(=O)c1ccc(NC(=O)N[C@](C)(CO)c2ccccc2)cc1. The summed E-state index contributed by atoms with van der Waals surface area (Å²) in [6, 6.07) is 15.4. The molecule has 0 radical (unpaired) electrons. The molecule has 0 aliphatic rings. The van der Waals surface area contributed by atoms with Crippen LogP contribution < -0.4 is 16.0 Å². The van der Waals surface area contributed by atoms with E-state index in [2.05, 4.69) is 16.0 Å². The average molecular weight is 341 g/mol. The highest BCUT2D eigenvalue weighted by molar-refractivity contribution is 5.95. The van der Waals surface area contributed by atoms with Crippen LogP contribution in [0.25, 0.3) is 0 Å². The van der Waals surface area contributed by atoms with Gasteiger partial charge in [0.2, 0.25) is 0 Å². The number of nitrogens with one attached hydrogen (secondary N) is 3. The molecule has 0 spiro atoms. The van der Waals surface area contributed by atoms with E-state index < -0.39 is 11.6 Å². The average Bonchev–Trinajstić information content (AvgIpc) is 2.63. The van der Waals surface area contributed by atoms with Gasteiger partial charge in [-0.05, 0) is 43.7 Å². The first-order valence-corrected chi connectivity index (χ1v) is 8.12. The Morgan fingerprint density at radius 1 is 1.04 bits per heavy atom. The second-order valence-corrected chi connectivity index (χ2v) is 5.87. The van der Waals surface area contributed by atoms with Crippen molar-refractivity contribution in [2.45, 2.75) is 19.4 Å². The summed E-state index contributed by atoms with van der Waals surface area (Å²) in [4.78, 5) is 24.0. The summed E-state index contributed by atoms with van der Waals surface area (Å²) >= 11 is 0. The molecule has 0 heterocycles. The second-order valence-electron chi connectivity index (χ2n) is 5.87. The highest BCUT2D eigenvalue weighted by atomic mass is 16.3. The number of urea groups is 1. The molecule has 4 N–H and O–H groups in total. The molecule has 0 aliphatic carbocycles. The van der Waals surface area contributed by atoms with E-state index in [-0.39, 0.29) is 12.5 Å². The molecule has 2 aromatic carbocycles. The van der Waals surface area contributed by atoms with Crippen LogP contribution in [0.5, 0.6) is 0 Å². The van der Waals surface area contributed by atoms with Crippen molar-refractivity contribution in [3.63, 3.8) is 0 Å². The summed E-state index contributed by atoms with van der Waals surface area (Å²) in [5, 5.41) is 17.9. The maximum absolute atomic E-state index is 12.3. The van der Waals surface area contributed by atoms with Crippen LogP contribution in [-0.4, -0.2) is 30.2 Å². The van der Waals surface area contributed by atoms with Crippen LogP contribution in [0.4, 0.5) is 10.5 Å². The van der Waals surface area contributed by atoms with Crippen molar-refractivity contribution < 1.29 is 14.7 Å². The first kappa shape index (κ1) is 18.5. The van der Waals surface area contributed by atoms with Crippen LogP contribution >= 0.6 is 0 Å². The van der Waals surface area contributed by atoms with Gasteiger partial charge in [0.15, 0.2) is 0 Å². The van der Waals surface area contributed by atoms with Crippen molar-refractivity contribution in [2.75, 3.05) is 18.5 Å². The van der Waals surface area contributed by atoms with Crippen LogP contribution in [0, 0.1) is 0 Å².